The minimum absolute atomic E-state index is 0.0367. The molecule has 0 atom stereocenters. The van der Waals surface area contributed by atoms with Crippen molar-refractivity contribution in [1.82, 2.24) is 0 Å². The third-order valence-corrected chi connectivity index (χ3v) is 10.0. The molecule has 5 heteroatoms. The maximum atomic E-state index is 9.55. The molecule has 0 bridgehead atoms. The van der Waals surface area contributed by atoms with Crippen LogP contribution in [0.25, 0.3) is 0 Å². The summed E-state index contributed by atoms with van der Waals surface area (Å²) < 4.78 is 2.58. The zero-order chi connectivity index (χ0) is 15.5. The van der Waals surface area contributed by atoms with Gasteiger partial charge >= 0.3 is 105 Å². The zero-order valence-electron chi connectivity index (χ0n) is 12.6. The summed E-state index contributed by atoms with van der Waals surface area (Å²) in [5.74, 6) is -2.51. The minimum atomic E-state index is -1.26. The molecule has 0 saturated heterocycles. The summed E-state index contributed by atoms with van der Waals surface area (Å²) in [5.41, 5.74) is 0. The fourth-order valence-corrected chi connectivity index (χ4v) is 9.15. The van der Waals surface area contributed by atoms with E-state index in [-0.39, 0.29) is 21.1 Å². The molecule has 0 aromatic heterocycles. The Bertz CT molecular complexity index is 310. The topological polar surface area (TPSA) is 74.6 Å². The molecular formula is C16H26O4Sn. The fraction of sp³-hybridized carbons (Fsp3) is 0.750. The van der Waals surface area contributed by atoms with Gasteiger partial charge < -0.3 is 10.2 Å². The first-order valence-electron chi connectivity index (χ1n) is 7.98. The molecule has 0 unspecified atom stereocenters. The molecular weight excluding hydrogens is 375 g/mol. The molecule has 0 spiro atoms. The van der Waals surface area contributed by atoms with Gasteiger partial charge in [0.05, 0.1) is 0 Å². The number of carboxylic acid groups (broad SMARTS) is 2. The molecule has 2 saturated carbocycles. The van der Waals surface area contributed by atoms with Gasteiger partial charge in [-0.1, -0.05) is 0 Å². The van der Waals surface area contributed by atoms with Crippen LogP contribution in [0, 0.1) is 0 Å². The van der Waals surface area contributed by atoms with Gasteiger partial charge in [0.15, 0.2) is 0 Å². The van der Waals surface area contributed by atoms with Crippen molar-refractivity contribution in [3.05, 3.63) is 12.2 Å². The van der Waals surface area contributed by atoms with Gasteiger partial charge in [-0.05, 0) is 0 Å². The van der Waals surface area contributed by atoms with Crippen LogP contribution in [0.2, 0.25) is 7.87 Å². The predicted molar refractivity (Wildman–Crippen MR) is 83.8 cm³/mol. The van der Waals surface area contributed by atoms with Crippen LogP contribution in [-0.2, 0) is 9.59 Å². The average molecular weight is 401 g/mol. The van der Waals surface area contributed by atoms with Crippen LogP contribution in [0.15, 0.2) is 12.2 Å². The Kier molecular flexibility index (Phi) is 9.79. The van der Waals surface area contributed by atoms with Crippen molar-refractivity contribution >= 4 is 33.1 Å². The van der Waals surface area contributed by atoms with Crippen molar-refractivity contribution in [3.63, 3.8) is 0 Å². The second-order valence-electron chi connectivity index (χ2n) is 5.85. The quantitative estimate of drug-likeness (QED) is 0.554. The molecule has 2 radical (unpaired) electrons. The van der Waals surface area contributed by atoms with Gasteiger partial charge in [0.2, 0.25) is 0 Å². The van der Waals surface area contributed by atoms with Gasteiger partial charge in [-0.2, -0.15) is 0 Å². The molecule has 118 valence electrons. The molecule has 2 aliphatic carbocycles. The van der Waals surface area contributed by atoms with Crippen molar-refractivity contribution in [2.75, 3.05) is 0 Å². The number of hydrogen-bond donors (Lipinski definition) is 2. The number of carboxylic acids is 2. The smallest absolute Gasteiger partial charge is 0.328 e. The minimum Gasteiger partial charge on any atom is -0.478 e. The summed E-state index contributed by atoms with van der Waals surface area (Å²) in [5, 5.41) is 15.6. The molecule has 0 aliphatic heterocycles. The Hall–Kier alpha value is -0.521. The SMILES string of the molecule is C1CC[CH]([Sn][CH]2CCCCC2)CC1.O=C(O)C=CC(=O)O. The van der Waals surface area contributed by atoms with Crippen molar-refractivity contribution in [2.45, 2.75) is 72.1 Å². The first-order chi connectivity index (χ1) is 10.1. The standard InChI is InChI=1S/2C6H11.C4H4O4.Sn/c2*1-2-4-6-5-3-1;5-3(6)1-2-4(7)8;/h2*1H,2-6H2;1-2H,(H,5,6)(H,7,8);. The maximum Gasteiger partial charge on any atom is 0.328 e. The second-order valence-corrected chi connectivity index (χ2v) is 11.5. The van der Waals surface area contributed by atoms with E-state index in [1.807, 2.05) is 0 Å². The Labute approximate surface area is 137 Å². The van der Waals surface area contributed by atoms with Crippen LogP contribution in [-0.4, -0.2) is 43.3 Å². The summed E-state index contributed by atoms with van der Waals surface area (Å²) >= 11 is 0.0367. The van der Waals surface area contributed by atoms with Gasteiger partial charge in [0.1, 0.15) is 0 Å². The van der Waals surface area contributed by atoms with Crippen LogP contribution >= 0.6 is 0 Å². The molecule has 0 amide bonds. The number of aliphatic carboxylic acids is 2. The van der Waals surface area contributed by atoms with Crippen molar-refractivity contribution in [2.24, 2.45) is 0 Å². The van der Waals surface area contributed by atoms with E-state index in [4.69, 9.17) is 10.2 Å². The summed E-state index contributed by atoms with van der Waals surface area (Å²) in [6.07, 6.45) is 17.0. The van der Waals surface area contributed by atoms with Crippen molar-refractivity contribution in [1.29, 1.82) is 0 Å². The van der Waals surface area contributed by atoms with Crippen molar-refractivity contribution in [3.8, 4) is 0 Å². The van der Waals surface area contributed by atoms with Crippen LogP contribution in [0.4, 0.5) is 0 Å². The Morgan fingerprint density at radius 2 is 1.05 bits per heavy atom. The van der Waals surface area contributed by atoms with Crippen LogP contribution in [0.5, 0.6) is 0 Å². The largest absolute Gasteiger partial charge is 0.478 e. The van der Waals surface area contributed by atoms with Gasteiger partial charge in [-0.15, -0.1) is 0 Å². The van der Waals surface area contributed by atoms with E-state index in [9.17, 15) is 9.59 Å². The predicted octanol–water partition coefficient (Wildman–Crippen LogP) is 3.91. The second kappa shape index (κ2) is 11.1. The Morgan fingerprint density at radius 1 is 0.714 bits per heavy atom. The van der Waals surface area contributed by atoms with Crippen LogP contribution in [0.1, 0.15) is 64.2 Å². The van der Waals surface area contributed by atoms with Crippen LogP contribution in [0.3, 0.4) is 0 Å². The Morgan fingerprint density at radius 3 is 1.33 bits per heavy atom. The van der Waals surface area contributed by atoms with E-state index in [2.05, 4.69) is 0 Å². The van der Waals surface area contributed by atoms with Gasteiger partial charge in [-0.3, -0.25) is 0 Å². The van der Waals surface area contributed by atoms with Gasteiger partial charge in [-0.25, -0.2) is 9.59 Å². The summed E-state index contributed by atoms with van der Waals surface area (Å²) in [7, 11) is 0. The number of carbonyl (C=O) groups is 2. The maximum absolute atomic E-state index is 9.55. The third-order valence-electron chi connectivity index (χ3n) is 4.05. The molecule has 2 rings (SSSR count). The molecule has 2 aliphatic rings. The molecule has 0 heterocycles. The number of hydrogen-bond acceptors (Lipinski definition) is 2. The molecule has 2 fully saturated rings. The van der Waals surface area contributed by atoms with E-state index in [0.29, 0.717) is 12.2 Å². The first-order valence-corrected chi connectivity index (χ1v) is 11.3. The average Bonchev–Trinajstić information content (AvgIpc) is 2.48. The van der Waals surface area contributed by atoms with Gasteiger partial charge in [0.25, 0.3) is 0 Å². The van der Waals surface area contributed by atoms with Gasteiger partial charge in [0, 0.05) is 12.2 Å². The zero-order valence-corrected chi connectivity index (χ0v) is 15.4. The van der Waals surface area contributed by atoms with E-state index in [1.165, 1.54) is 7.87 Å². The van der Waals surface area contributed by atoms with E-state index >= 15 is 0 Å². The monoisotopic (exact) mass is 402 g/mol. The van der Waals surface area contributed by atoms with E-state index in [0.717, 1.165) is 0 Å². The summed E-state index contributed by atoms with van der Waals surface area (Å²) in [6, 6.07) is 0. The fourth-order valence-electron chi connectivity index (χ4n) is 3.01. The first kappa shape index (κ1) is 18.5. The van der Waals surface area contributed by atoms with E-state index in [1.54, 1.807) is 64.2 Å². The molecule has 0 aromatic rings. The molecule has 21 heavy (non-hydrogen) atoms. The molecule has 2 N–H and O–H groups in total. The van der Waals surface area contributed by atoms with Crippen molar-refractivity contribution < 1.29 is 19.8 Å². The van der Waals surface area contributed by atoms with Crippen LogP contribution < -0.4 is 0 Å². The normalized spacial score (nSPS) is 20.8. The Balaban J connectivity index is 0.000000240. The summed E-state index contributed by atoms with van der Waals surface area (Å²) in [4.78, 5) is 19.1. The molecule has 4 nitrogen and oxygen atoms in total. The third kappa shape index (κ3) is 9.93. The molecule has 0 aromatic carbocycles. The number of rotatable bonds is 4. The summed E-state index contributed by atoms with van der Waals surface area (Å²) in [6.45, 7) is 0. The van der Waals surface area contributed by atoms with E-state index < -0.39 is 11.9 Å².